The molecule has 1 saturated carbocycles. The predicted molar refractivity (Wildman–Crippen MR) is 123 cm³/mol. The van der Waals surface area contributed by atoms with Crippen molar-refractivity contribution >= 4 is 23.4 Å². The number of benzene rings is 2. The van der Waals surface area contributed by atoms with E-state index >= 15 is 0 Å². The number of alkyl halides is 2. The summed E-state index contributed by atoms with van der Waals surface area (Å²) >= 11 is 5.89. The number of primary amides is 1. The number of nitrogens with zero attached hydrogens (tertiary/aromatic N) is 3. The minimum atomic E-state index is -2.90. The molecule has 36 heavy (non-hydrogen) atoms. The highest BCUT2D eigenvalue weighted by molar-refractivity contribution is 6.31. The maximum Gasteiger partial charge on any atom is 0.252 e. The van der Waals surface area contributed by atoms with E-state index in [4.69, 9.17) is 17.3 Å². The second-order valence-corrected chi connectivity index (χ2v) is 9.78. The Labute approximate surface area is 208 Å². The third-order valence-corrected chi connectivity index (χ3v) is 7.20. The van der Waals surface area contributed by atoms with Crippen LogP contribution in [0.3, 0.4) is 0 Å². The highest BCUT2D eigenvalue weighted by Crippen LogP contribution is 2.55. The van der Waals surface area contributed by atoms with Crippen LogP contribution in [-0.4, -0.2) is 39.0 Å². The molecule has 1 fully saturated rings. The molecular weight excluding hydrogens is 500 g/mol. The van der Waals surface area contributed by atoms with Crippen LogP contribution in [0.25, 0.3) is 11.3 Å². The third-order valence-electron chi connectivity index (χ3n) is 6.91. The van der Waals surface area contributed by atoms with Gasteiger partial charge in [0.25, 0.3) is 5.91 Å². The molecule has 2 amide bonds. The lowest BCUT2D eigenvalue weighted by Gasteiger charge is -2.48. The Kier molecular flexibility index (Phi) is 5.82. The highest BCUT2D eigenvalue weighted by atomic mass is 35.5. The SMILES string of the molecule is NC(=O)c1c(-c2ccc(F)c(Cl)c2)nn2c1CN(C(=O)CC1(c3ccc(F)cc3)CC(F)(F)C1)CC2. The maximum atomic E-state index is 14.0. The van der Waals surface area contributed by atoms with Crippen molar-refractivity contribution in [3.63, 3.8) is 0 Å². The Bertz CT molecular complexity index is 1370. The van der Waals surface area contributed by atoms with E-state index in [1.165, 1.54) is 41.3 Å². The van der Waals surface area contributed by atoms with E-state index in [1.807, 2.05) is 0 Å². The van der Waals surface area contributed by atoms with Gasteiger partial charge in [-0.25, -0.2) is 17.6 Å². The number of amides is 2. The van der Waals surface area contributed by atoms with Crippen molar-refractivity contribution in [1.29, 1.82) is 0 Å². The van der Waals surface area contributed by atoms with E-state index in [-0.39, 0.29) is 48.2 Å². The van der Waals surface area contributed by atoms with Crippen molar-refractivity contribution in [3.05, 3.63) is 75.9 Å². The Hall–Kier alpha value is -3.40. The quantitative estimate of drug-likeness (QED) is 0.496. The van der Waals surface area contributed by atoms with Crippen molar-refractivity contribution in [1.82, 2.24) is 14.7 Å². The molecule has 1 aromatic heterocycles. The molecule has 2 heterocycles. The average molecular weight is 521 g/mol. The number of hydrogen-bond acceptors (Lipinski definition) is 3. The standard InChI is InChI=1S/C25H21ClF4N4O2/c26-17-9-14(1-6-18(17)28)22-21(23(31)36)19-11-33(7-8-34(19)32-22)20(35)10-24(12-25(29,30)13-24)15-2-4-16(27)5-3-15/h1-6,9H,7-8,10-13H2,(H2,31,36). The monoisotopic (exact) mass is 520 g/mol. The molecule has 0 saturated heterocycles. The molecule has 1 aliphatic heterocycles. The number of halogens is 5. The summed E-state index contributed by atoms with van der Waals surface area (Å²) in [6, 6.07) is 9.18. The number of fused-ring (bicyclic) bond motifs is 1. The van der Waals surface area contributed by atoms with Crippen molar-refractivity contribution in [2.75, 3.05) is 6.54 Å². The third kappa shape index (κ3) is 4.23. The molecule has 3 aromatic rings. The molecule has 0 bridgehead atoms. The Balaban J connectivity index is 1.43. The molecule has 2 aliphatic rings. The zero-order valence-corrected chi connectivity index (χ0v) is 19.7. The summed E-state index contributed by atoms with van der Waals surface area (Å²) in [7, 11) is 0. The molecule has 5 rings (SSSR count). The number of rotatable bonds is 5. The van der Waals surface area contributed by atoms with E-state index in [0.717, 1.165) is 6.07 Å². The Morgan fingerprint density at radius 2 is 1.75 bits per heavy atom. The van der Waals surface area contributed by atoms with Gasteiger partial charge < -0.3 is 10.6 Å². The first-order valence-electron chi connectivity index (χ1n) is 11.2. The van der Waals surface area contributed by atoms with Crippen molar-refractivity contribution < 1.29 is 27.2 Å². The lowest BCUT2D eigenvalue weighted by Crippen LogP contribution is -2.52. The number of carbonyl (C=O) groups is 2. The van der Waals surface area contributed by atoms with Crippen molar-refractivity contribution in [3.8, 4) is 11.3 Å². The van der Waals surface area contributed by atoms with Crippen LogP contribution < -0.4 is 5.73 Å². The molecule has 188 valence electrons. The fraction of sp³-hybridized carbons (Fsp3) is 0.320. The summed E-state index contributed by atoms with van der Waals surface area (Å²) in [5, 5.41) is 4.30. The summed E-state index contributed by atoms with van der Waals surface area (Å²) in [6.45, 7) is 0.482. The maximum absolute atomic E-state index is 14.0. The van der Waals surface area contributed by atoms with Crippen LogP contribution in [0.15, 0.2) is 42.5 Å². The molecule has 0 unspecified atom stereocenters. The molecule has 2 N–H and O–H groups in total. The van der Waals surface area contributed by atoms with Gasteiger partial charge in [-0.1, -0.05) is 23.7 Å². The molecule has 0 radical (unpaired) electrons. The van der Waals surface area contributed by atoms with Crippen molar-refractivity contribution in [2.24, 2.45) is 5.73 Å². The number of nitrogens with two attached hydrogens (primary N) is 1. The van der Waals surface area contributed by atoms with Gasteiger partial charge >= 0.3 is 0 Å². The van der Waals surface area contributed by atoms with Gasteiger partial charge in [0.2, 0.25) is 11.8 Å². The Morgan fingerprint density at radius 3 is 2.36 bits per heavy atom. The van der Waals surface area contributed by atoms with Crippen LogP contribution in [0.1, 0.15) is 40.9 Å². The minimum absolute atomic E-state index is 0.00504. The first kappa shape index (κ1) is 24.3. The van der Waals surface area contributed by atoms with Gasteiger partial charge in [0, 0.05) is 36.8 Å². The van der Waals surface area contributed by atoms with Crippen LogP contribution in [0.4, 0.5) is 17.6 Å². The van der Waals surface area contributed by atoms with Crippen LogP contribution in [0.2, 0.25) is 5.02 Å². The summed E-state index contributed by atoms with van der Waals surface area (Å²) in [6.07, 6.45) is -1.20. The van der Waals surface area contributed by atoms with Gasteiger partial charge in [-0.3, -0.25) is 14.3 Å². The lowest BCUT2D eigenvalue weighted by atomic mass is 9.60. The topological polar surface area (TPSA) is 81.2 Å². The lowest BCUT2D eigenvalue weighted by molar-refractivity contribution is -0.150. The van der Waals surface area contributed by atoms with E-state index in [0.29, 0.717) is 16.8 Å². The summed E-state index contributed by atoms with van der Waals surface area (Å²) < 4.78 is 56.5. The van der Waals surface area contributed by atoms with Crippen molar-refractivity contribution in [2.45, 2.75) is 43.7 Å². The molecule has 2 aromatic carbocycles. The van der Waals surface area contributed by atoms with Gasteiger partial charge in [-0.2, -0.15) is 5.10 Å². The fourth-order valence-corrected chi connectivity index (χ4v) is 5.39. The second kappa shape index (κ2) is 8.62. The molecule has 6 nitrogen and oxygen atoms in total. The number of aromatic nitrogens is 2. The van der Waals surface area contributed by atoms with Gasteiger partial charge in [0.15, 0.2) is 0 Å². The summed E-state index contributed by atoms with van der Waals surface area (Å²) in [5.74, 6) is -5.17. The smallest absolute Gasteiger partial charge is 0.252 e. The van der Waals surface area contributed by atoms with E-state index in [2.05, 4.69) is 5.10 Å². The zero-order valence-electron chi connectivity index (χ0n) is 18.9. The minimum Gasteiger partial charge on any atom is -0.365 e. The highest BCUT2D eigenvalue weighted by Gasteiger charge is 2.58. The molecule has 11 heteroatoms. The van der Waals surface area contributed by atoms with Gasteiger partial charge in [-0.15, -0.1) is 0 Å². The van der Waals surface area contributed by atoms with Crippen LogP contribution >= 0.6 is 11.6 Å². The largest absolute Gasteiger partial charge is 0.365 e. The van der Waals surface area contributed by atoms with E-state index in [1.54, 1.807) is 4.68 Å². The van der Waals surface area contributed by atoms with Gasteiger partial charge in [0.1, 0.15) is 17.3 Å². The average Bonchev–Trinajstić information content (AvgIpc) is 3.19. The molecular formula is C25H21ClF4N4O2. The van der Waals surface area contributed by atoms with Crippen LogP contribution in [-0.2, 0) is 23.3 Å². The predicted octanol–water partition coefficient (Wildman–Crippen LogP) is 4.68. The number of carbonyl (C=O) groups excluding carboxylic acids is 2. The second-order valence-electron chi connectivity index (χ2n) is 9.38. The molecule has 0 spiro atoms. The van der Waals surface area contributed by atoms with Crippen LogP contribution in [0.5, 0.6) is 0 Å². The Morgan fingerprint density at radius 1 is 1.06 bits per heavy atom. The zero-order chi connectivity index (χ0) is 25.8. The van der Waals surface area contributed by atoms with Crippen LogP contribution in [0, 0.1) is 11.6 Å². The van der Waals surface area contributed by atoms with E-state index < -0.39 is 41.7 Å². The van der Waals surface area contributed by atoms with Gasteiger partial charge in [0.05, 0.1) is 29.4 Å². The number of hydrogen-bond donors (Lipinski definition) is 1. The normalized spacial score (nSPS) is 17.9. The first-order chi connectivity index (χ1) is 17.0. The summed E-state index contributed by atoms with van der Waals surface area (Å²) in [4.78, 5) is 27.2. The fourth-order valence-electron chi connectivity index (χ4n) is 5.21. The first-order valence-corrected chi connectivity index (χ1v) is 11.6. The van der Waals surface area contributed by atoms with E-state index in [9.17, 15) is 27.2 Å². The summed E-state index contributed by atoms with van der Waals surface area (Å²) in [5.41, 5.74) is 6.11. The molecule has 1 aliphatic carbocycles. The molecule has 0 atom stereocenters. The van der Waals surface area contributed by atoms with Gasteiger partial charge in [-0.05, 0) is 35.9 Å².